The van der Waals surface area contributed by atoms with Gasteiger partial charge in [0, 0.05) is 17.9 Å². The van der Waals surface area contributed by atoms with Crippen LogP contribution in [0, 0.1) is 12.8 Å². The molecule has 2 nitrogen and oxygen atoms in total. The van der Waals surface area contributed by atoms with Gasteiger partial charge in [0.25, 0.3) is 0 Å². The smallest absolute Gasteiger partial charge is 0.0363 e. The van der Waals surface area contributed by atoms with E-state index in [0.29, 0.717) is 0 Å². The molecule has 0 saturated heterocycles. The third kappa shape index (κ3) is 3.95. The zero-order valence-corrected chi connectivity index (χ0v) is 10.8. The minimum Gasteiger partial charge on any atom is -0.399 e. The Morgan fingerprint density at radius 2 is 1.94 bits per heavy atom. The number of anilines is 2. The summed E-state index contributed by atoms with van der Waals surface area (Å²) in [6.07, 6.45) is 8.46. The Bertz CT molecular complexity index is 334. The fraction of sp³-hybridized carbons (Fsp3) is 0.600. The quantitative estimate of drug-likeness (QED) is 0.771. The Balaban J connectivity index is 1.77. The predicted molar refractivity (Wildman–Crippen MR) is 75.3 cm³/mol. The molecular formula is C15H24N2. The SMILES string of the molecule is Cc1cc(N)cc(NCCC2CCCCC2)c1. The molecule has 1 aromatic rings. The summed E-state index contributed by atoms with van der Waals surface area (Å²) in [6, 6.07) is 6.19. The number of nitrogens with two attached hydrogens (primary N) is 1. The van der Waals surface area contributed by atoms with Crippen LogP contribution in [0.25, 0.3) is 0 Å². The highest BCUT2D eigenvalue weighted by Crippen LogP contribution is 2.26. The first-order valence-electron chi connectivity index (χ1n) is 6.85. The summed E-state index contributed by atoms with van der Waals surface area (Å²) in [5.41, 5.74) is 9.08. The van der Waals surface area contributed by atoms with Crippen molar-refractivity contribution in [1.29, 1.82) is 0 Å². The molecule has 3 N–H and O–H groups in total. The predicted octanol–water partition coefficient (Wildman–Crippen LogP) is 3.96. The summed E-state index contributed by atoms with van der Waals surface area (Å²) in [6.45, 7) is 3.16. The van der Waals surface area contributed by atoms with Crippen LogP contribution in [0.2, 0.25) is 0 Å². The van der Waals surface area contributed by atoms with Crippen molar-refractivity contribution >= 4 is 11.4 Å². The number of hydrogen-bond acceptors (Lipinski definition) is 2. The molecule has 1 fully saturated rings. The second-order valence-corrected chi connectivity index (χ2v) is 5.35. The topological polar surface area (TPSA) is 38.0 Å². The van der Waals surface area contributed by atoms with Crippen molar-refractivity contribution in [2.75, 3.05) is 17.6 Å². The molecule has 0 atom stereocenters. The lowest BCUT2D eigenvalue weighted by Gasteiger charge is -2.21. The van der Waals surface area contributed by atoms with Crippen molar-refractivity contribution in [2.45, 2.75) is 45.4 Å². The molecule has 0 unspecified atom stereocenters. The van der Waals surface area contributed by atoms with E-state index >= 15 is 0 Å². The van der Waals surface area contributed by atoms with Crippen LogP contribution in [0.1, 0.15) is 44.1 Å². The van der Waals surface area contributed by atoms with Crippen LogP contribution >= 0.6 is 0 Å². The molecule has 2 rings (SSSR count). The maximum Gasteiger partial charge on any atom is 0.0363 e. The van der Waals surface area contributed by atoms with Crippen LogP contribution < -0.4 is 11.1 Å². The molecule has 94 valence electrons. The van der Waals surface area contributed by atoms with Crippen molar-refractivity contribution in [3.63, 3.8) is 0 Å². The summed E-state index contributed by atoms with van der Waals surface area (Å²) in [7, 11) is 0. The van der Waals surface area contributed by atoms with Crippen molar-refractivity contribution < 1.29 is 0 Å². The van der Waals surface area contributed by atoms with E-state index in [2.05, 4.69) is 18.3 Å². The van der Waals surface area contributed by atoms with Gasteiger partial charge in [0.15, 0.2) is 0 Å². The molecule has 0 bridgehead atoms. The molecule has 0 heterocycles. The van der Waals surface area contributed by atoms with Gasteiger partial charge in [0.05, 0.1) is 0 Å². The number of nitrogen functional groups attached to an aromatic ring is 1. The number of benzene rings is 1. The standard InChI is InChI=1S/C15H24N2/c1-12-9-14(16)11-15(10-12)17-8-7-13-5-3-2-4-6-13/h9-11,13,17H,2-8,16H2,1H3. The lowest BCUT2D eigenvalue weighted by molar-refractivity contribution is 0.345. The Kier molecular flexibility index (Phi) is 4.29. The van der Waals surface area contributed by atoms with Gasteiger partial charge in [-0.15, -0.1) is 0 Å². The van der Waals surface area contributed by atoms with Gasteiger partial charge < -0.3 is 11.1 Å². The fourth-order valence-electron chi connectivity index (χ4n) is 2.81. The highest BCUT2D eigenvalue weighted by Gasteiger charge is 2.12. The summed E-state index contributed by atoms with van der Waals surface area (Å²) in [4.78, 5) is 0. The lowest BCUT2D eigenvalue weighted by Crippen LogP contribution is -2.12. The minimum atomic E-state index is 0.852. The van der Waals surface area contributed by atoms with Crippen LogP contribution in [-0.4, -0.2) is 6.54 Å². The molecule has 0 aliphatic heterocycles. The Morgan fingerprint density at radius 3 is 2.65 bits per heavy atom. The van der Waals surface area contributed by atoms with Crippen molar-refractivity contribution in [3.05, 3.63) is 23.8 Å². The van der Waals surface area contributed by atoms with Crippen LogP contribution in [-0.2, 0) is 0 Å². The maximum atomic E-state index is 5.83. The Morgan fingerprint density at radius 1 is 1.18 bits per heavy atom. The van der Waals surface area contributed by atoms with E-state index in [-0.39, 0.29) is 0 Å². The Labute approximate surface area is 105 Å². The average Bonchev–Trinajstić information content (AvgIpc) is 2.29. The van der Waals surface area contributed by atoms with E-state index in [1.165, 1.54) is 49.8 Å². The second-order valence-electron chi connectivity index (χ2n) is 5.35. The lowest BCUT2D eigenvalue weighted by atomic mass is 9.87. The first-order chi connectivity index (χ1) is 8.24. The first kappa shape index (κ1) is 12.3. The van der Waals surface area contributed by atoms with Crippen LogP contribution in [0.15, 0.2) is 18.2 Å². The molecule has 1 saturated carbocycles. The molecular weight excluding hydrogens is 208 g/mol. The third-order valence-corrected chi connectivity index (χ3v) is 3.71. The van der Waals surface area contributed by atoms with E-state index in [1.54, 1.807) is 0 Å². The van der Waals surface area contributed by atoms with Crippen LogP contribution in [0.5, 0.6) is 0 Å². The zero-order chi connectivity index (χ0) is 12.1. The van der Waals surface area contributed by atoms with Gasteiger partial charge in [-0.3, -0.25) is 0 Å². The van der Waals surface area contributed by atoms with Crippen molar-refractivity contribution in [3.8, 4) is 0 Å². The molecule has 1 aliphatic carbocycles. The first-order valence-corrected chi connectivity index (χ1v) is 6.85. The van der Waals surface area contributed by atoms with Gasteiger partial charge in [-0.25, -0.2) is 0 Å². The van der Waals surface area contributed by atoms with Crippen molar-refractivity contribution in [1.82, 2.24) is 0 Å². The number of aryl methyl sites for hydroxylation is 1. The van der Waals surface area contributed by atoms with Gasteiger partial charge in [0.2, 0.25) is 0 Å². The molecule has 0 radical (unpaired) electrons. The van der Waals surface area contributed by atoms with E-state index in [9.17, 15) is 0 Å². The third-order valence-electron chi connectivity index (χ3n) is 3.71. The highest BCUT2D eigenvalue weighted by molar-refractivity contribution is 5.56. The molecule has 2 heteroatoms. The van der Waals surface area contributed by atoms with Gasteiger partial charge in [-0.2, -0.15) is 0 Å². The van der Waals surface area contributed by atoms with Crippen molar-refractivity contribution in [2.24, 2.45) is 5.92 Å². The van der Waals surface area contributed by atoms with Crippen LogP contribution in [0.4, 0.5) is 11.4 Å². The van der Waals surface area contributed by atoms with E-state index in [0.717, 1.165) is 18.2 Å². The summed E-state index contributed by atoms with van der Waals surface area (Å²) in [5, 5.41) is 3.49. The van der Waals surface area contributed by atoms with Gasteiger partial charge in [-0.1, -0.05) is 32.1 Å². The average molecular weight is 232 g/mol. The zero-order valence-electron chi connectivity index (χ0n) is 10.8. The molecule has 1 aliphatic rings. The second kappa shape index (κ2) is 5.95. The molecule has 0 spiro atoms. The molecule has 1 aromatic carbocycles. The summed E-state index contributed by atoms with van der Waals surface area (Å²) >= 11 is 0. The molecule has 0 amide bonds. The van der Waals surface area contributed by atoms with E-state index in [1.807, 2.05) is 12.1 Å². The number of hydrogen-bond donors (Lipinski definition) is 2. The summed E-state index contributed by atoms with van der Waals surface area (Å²) in [5.74, 6) is 0.943. The normalized spacial score (nSPS) is 17.0. The highest BCUT2D eigenvalue weighted by atomic mass is 14.9. The molecule has 0 aromatic heterocycles. The maximum absolute atomic E-state index is 5.83. The minimum absolute atomic E-state index is 0.852. The summed E-state index contributed by atoms with van der Waals surface area (Å²) < 4.78 is 0. The largest absolute Gasteiger partial charge is 0.399 e. The van der Waals surface area contributed by atoms with Crippen LogP contribution in [0.3, 0.4) is 0 Å². The van der Waals surface area contributed by atoms with Gasteiger partial charge in [0.1, 0.15) is 0 Å². The van der Waals surface area contributed by atoms with Gasteiger partial charge >= 0.3 is 0 Å². The monoisotopic (exact) mass is 232 g/mol. The van der Waals surface area contributed by atoms with Gasteiger partial charge in [-0.05, 0) is 43.0 Å². The van der Waals surface area contributed by atoms with E-state index < -0.39 is 0 Å². The fourth-order valence-corrected chi connectivity index (χ4v) is 2.81. The Hall–Kier alpha value is -1.18. The van der Waals surface area contributed by atoms with E-state index in [4.69, 9.17) is 5.73 Å². The number of rotatable bonds is 4. The molecule has 17 heavy (non-hydrogen) atoms. The number of nitrogens with one attached hydrogen (secondary N) is 1.